The number of rotatable bonds is 2. The lowest BCUT2D eigenvalue weighted by molar-refractivity contribution is -0.258. The lowest BCUT2D eigenvalue weighted by atomic mass is 9.68. The van der Waals surface area contributed by atoms with Crippen molar-refractivity contribution in [1.82, 2.24) is 0 Å². The molecule has 0 amide bonds. The number of methoxy groups -OCH3 is 1. The van der Waals surface area contributed by atoms with Crippen LogP contribution >= 0.6 is 11.8 Å². The number of fused-ring (bicyclic) bond motifs is 4. The van der Waals surface area contributed by atoms with Crippen LogP contribution in [0.25, 0.3) is 4.91 Å². The molecule has 1 aromatic rings. The van der Waals surface area contributed by atoms with Gasteiger partial charge in [-0.1, -0.05) is 17.3 Å². The molecule has 2 aliphatic carbocycles. The molecule has 5 rings (SSSR count). The Morgan fingerprint density at radius 3 is 2.09 bits per heavy atom. The second-order valence-corrected chi connectivity index (χ2v) is 9.90. The van der Waals surface area contributed by atoms with Gasteiger partial charge in [-0.3, -0.25) is 0 Å². The van der Waals surface area contributed by atoms with E-state index in [2.05, 4.69) is 5.16 Å². The molecule has 0 spiro atoms. The van der Waals surface area contributed by atoms with Crippen LogP contribution in [0.5, 0.6) is 5.75 Å². The number of halogens is 6. The topological polar surface area (TPSA) is 30.8 Å². The van der Waals surface area contributed by atoms with Gasteiger partial charge in [0.05, 0.1) is 17.6 Å². The molecule has 0 bridgehead atoms. The zero-order valence-electron chi connectivity index (χ0n) is 17.3. The molecule has 3 nitrogen and oxygen atoms in total. The third-order valence-corrected chi connectivity index (χ3v) is 8.37. The second kappa shape index (κ2) is 5.95. The minimum absolute atomic E-state index is 0.119. The summed E-state index contributed by atoms with van der Waals surface area (Å²) < 4.78 is 92.7. The van der Waals surface area contributed by atoms with E-state index in [1.54, 1.807) is 24.3 Å². The molecule has 4 aliphatic rings. The summed E-state index contributed by atoms with van der Waals surface area (Å²) in [4.78, 5) is 5.99. The van der Waals surface area contributed by atoms with Crippen molar-refractivity contribution in [2.75, 3.05) is 7.11 Å². The quantitative estimate of drug-likeness (QED) is 0.477. The van der Waals surface area contributed by atoms with Crippen LogP contribution in [0.1, 0.15) is 26.3 Å². The zero-order valence-corrected chi connectivity index (χ0v) is 18.1. The van der Waals surface area contributed by atoms with Gasteiger partial charge in [-0.25, -0.2) is 0 Å². The van der Waals surface area contributed by atoms with Crippen molar-refractivity contribution < 1.29 is 35.9 Å². The summed E-state index contributed by atoms with van der Waals surface area (Å²) >= 11 is 1.10. The lowest BCUT2D eigenvalue weighted by Gasteiger charge is -2.45. The van der Waals surface area contributed by atoms with E-state index in [1.807, 2.05) is 0 Å². The fourth-order valence-corrected chi connectivity index (χ4v) is 6.36. The third-order valence-electron chi connectivity index (χ3n) is 6.78. The number of ether oxygens (including phenoxy) is 1. The molecule has 0 aromatic heterocycles. The van der Waals surface area contributed by atoms with Crippen molar-refractivity contribution in [1.29, 1.82) is 0 Å². The Bertz CT molecular complexity index is 1180. The molecule has 2 unspecified atom stereocenters. The number of alkyl halides is 6. The first-order chi connectivity index (χ1) is 14.7. The Morgan fingerprint density at radius 2 is 1.50 bits per heavy atom. The molecule has 0 saturated heterocycles. The first-order valence-electron chi connectivity index (χ1n) is 9.66. The summed E-state index contributed by atoms with van der Waals surface area (Å²) in [6, 6.07) is 6.66. The number of allylic oxidation sites excluding steroid dienone is 3. The maximum Gasteiger partial charge on any atom is 0.380 e. The first kappa shape index (κ1) is 21.5. The van der Waals surface area contributed by atoms with Gasteiger partial charge in [0.2, 0.25) is 0 Å². The Labute approximate surface area is 183 Å². The number of benzene rings is 1. The molecular weight excluding hydrogens is 456 g/mol. The van der Waals surface area contributed by atoms with E-state index in [0.29, 0.717) is 16.2 Å². The molecule has 10 heteroatoms. The number of oxime groups is 1. The van der Waals surface area contributed by atoms with Crippen LogP contribution in [0.2, 0.25) is 0 Å². The van der Waals surface area contributed by atoms with Crippen LogP contribution in [0.15, 0.2) is 57.8 Å². The van der Waals surface area contributed by atoms with E-state index in [9.17, 15) is 17.6 Å². The largest absolute Gasteiger partial charge is 0.497 e. The summed E-state index contributed by atoms with van der Waals surface area (Å²) in [5, 5.41) is 3.76. The highest BCUT2D eigenvalue weighted by atomic mass is 32.2. The van der Waals surface area contributed by atoms with Crippen molar-refractivity contribution in [3.8, 4) is 5.75 Å². The molecule has 2 aliphatic heterocycles. The van der Waals surface area contributed by atoms with Gasteiger partial charge in [0.25, 0.3) is 0 Å². The summed E-state index contributed by atoms with van der Waals surface area (Å²) in [7, 11) is 1.48. The maximum atomic E-state index is 15.0. The summed E-state index contributed by atoms with van der Waals surface area (Å²) in [5.41, 5.74) is -4.60. The Morgan fingerprint density at radius 1 is 0.906 bits per heavy atom. The average molecular weight is 473 g/mol. The van der Waals surface area contributed by atoms with Crippen molar-refractivity contribution in [2.24, 2.45) is 5.16 Å². The number of hydrogen-bond donors (Lipinski definition) is 0. The van der Waals surface area contributed by atoms with Gasteiger partial charge >= 0.3 is 17.8 Å². The van der Waals surface area contributed by atoms with E-state index >= 15 is 8.78 Å². The van der Waals surface area contributed by atoms with Crippen LogP contribution < -0.4 is 4.74 Å². The van der Waals surface area contributed by atoms with Gasteiger partial charge in [0.1, 0.15) is 5.75 Å². The van der Waals surface area contributed by atoms with E-state index in [1.165, 1.54) is 34.0 Å². The fraction of sp³-hybridized carbons (Fsp3) is 0.409. The second-order valence-electron chi connectivity index (χ2n) is 8.44. The van der Waals surface area contributed by atoms with Gasteiger partial charge in [-0.05, 0) is 50.1 Å². The van der Waals surface area contributed by atoms with Gasteiger partial charge < -0.3 is 9.57 Å². The molecular formula is C22H17F6NO2S. The molecule has 2 heterocycles. The monoisotopic (exact) mass is 473 g/mol. The highest BCUT2D eigenvalue weighted by molar-refractivity contribution is 8.10. The fourth-order valence-electron chi connectivity index (χ4n) is 4.89. The number of nitrogens with zero attached hydrogens (tertiary/aromatic N) is 1. The molecule has 1 aromatic carbocycles. The number of thioether (sulfide) groups is 1. The van der Waals surface area contributed by atoms with E-state index in [-0.39, 0.29) is 11.3 Å². The molecule has 2 atom stereocenters. The van der Waals surface area contributed by atoms with Crippen LogP contribution in [-0.2, 0) is 4.84 Å². The molecule has 1 saturated carbocycles. The van der Waals surface area contributed by atoms with Crippen LogP contribution in [-0.4, -0.2) is 40.9 Å². The van der Waals surface area contributed by atoms with Crippen LogP contribution in [0.3, 0.4) is 0 Å². The Kier molecular flexibility index (Phi) is 3.99. The summed E-state index contributed by atoms with van der Waals surface area (Å²) in [6.07, 6.45) is 1.28. The SMILES string of the molecule is COc1ccc(C2=CC3=C4C(=C5C(C)=NOC5(C)C3(C)S2)C(F)(F)C(F)(F)C4(F)F)cc1. The smallest absolute Gasteiger partial charge is 0.380 e. The average Bonchev–Trinajstić information content (AvgIpc) is 3.27. The van der Waals surface area contributed by atoms with Crippen LogP contribution in [0, 0.1) is 0 Å². The van der Waals surface area contributed by atoms with Gasteiger partial charge in [-0.15, -0.1) is 11.8 Å². The number of hydrogen-bond acceptors (Lipinski definition) is 4. The normalized spacial score (nSPS) is 33.3. The van der Waals surface area contributed by atoms with E-state index in [4.69, 9.17) is 9.57 Å². The summed E-state index contributed by atoms with van der Waals surface area (Å²) in [5.74, 6) is -15.2. The van der Waals surface area contributed by atoms with Gasteiger partial charge in [-0.2, -0.15) is 26.3 Å². The highest BCUT2D eigenvalue weighted by Gasteiger charge is 2.85. The van der Waals surface area contributed by atoms with Crippen molar-refractivity contribution >= 4 is 22.4 Å². The van der Waals surface area contributed by atoms with Crippen molar-refractivity contribution in [3.63, 3.8) is 0 Å². The predicted molar refractivity (Wildman–Crippen MR) is 108 cm³/mol. The Hall–Kier alpha value is -2.36. The predicted octanol–water partition coefficient (Wildman–Crippen LogP) is 6.23. The first-order valence-corrected chi connectivity index (χ1v) is 10.5. The Balaban J connectivity index is 1.83. The van der Waals surface area contributed by atoms with E-state index < -0.39 is 44.8 Å². The minimum atomic E-state index is -5.60. The maximum absolute atomic E-state index is 15.0. The standard InChI is InChI=1S/C22H17F6NO2S/c1-10-15-17-16(20(23,24)22(27,28)21(17,25)26)13-9-14(11-5-7-12(30-4)8-6-11)32-19(13,3)18(15,2)31-29-10/h5-9H,1-4H3. The summed E-state index contributed by atoms with van der Waals surface area (Å²) in [6.45, 7) is 4.25. The molecule has 0 N–H and O–H groups in total. The lowest BCUT2D eigenvalue weighted by Crippen LogP contribution is -2.53. The van der Waals surface area contributed by atoms with Crippen LogP contribution in [0.4, 0.5) is 26.3 Å². The molecule has 1 fully saturated rings. The van der Waals surface area contributed by atoms with E-state index in [0.717, 1.165) is 11.8 Å². The van der Waals surface area contributed by atoms with Crippen molar-refractivity contribution in [2.45, 2.75) is 48.9 Å². The van der Waals surface area contributed by atoms with Gasteiger partial charge in [0.15, 0.2) is 5.60 Å². The van der Waals surface area contributed by atoms with Gasteiger partial charge in [0, 0.05) is 21.6 Å². The third kappa shape index (κ3) is 2.14. The molecule has 32 heavy (non-hydrogen) atoms. The highest BCUT2D eigenvalue weighted by Crippen LogP contribution is 2.72. The molecule has 0 radical (unpaired) electrons. The minimum Gasteiger partial charge on any atom is -0.497 e. The molecule has 170 valence electrons. The van der Waals surface area contributed by atoms with Crippen molar-refractivity contribution in [3.05, 3.63) is 58.2 Å². The zero-order chi connectivity index (χ0) is 23.5.